The predicted octanol–water partition coefficient (Wildman–Crippen LogP) is 6.05. The fourth-order valence-electron chi connectivity index (χ4n) is 7.28. The largest absolute Gasteiger partial charge is 0.465 e. The predicted molar refractivity (Wildman–Crippen MR) is 165 cm³/mol. The fourth-order valence-corrected chi connectivity index (χ4v) is 7.28. The van der Waals surface area contributed by atoms with E-state index in [0.29, 0.717) is 31.7 Å². The summed E-state index contributed by atoms with van der Waals surface area (Å²) in [6, 6.07) is 16.2. The Hall–Kier alpha value is -4.27. The number of rotatable bonds is 9. The third-order valence-corrected chi connectivity index (χ3v) is 9.38. The summed E-state index contributed by atoms with van der Waals surface area (Å²) < 4.78 is 9.84. The molecule has 9 heteroatoms. The zero-order valence-electron chi connectivity index (χ0n) is 25.5. The monoisotopic (exact) mass is 580 g/mol. The number of carbonyl (C=O) groups is 1. The lowest BCUT2D eigenvalue weighted by Crippen LogP contribution is -2.46. The van der Waals surface area contributed by atoms with E-state index in [1.165, 1.54) is 11.1 Å². The van der Waals surface area contributed by atoms with Gasteiger partial charge in [-0.05, 0) is 74.8 Å². The van der Waals surface area contributed by atoms with Crippen molar-refractivity contribution in [1.29, 1.82) is 0 Å². The molecule has 43 heavy (non-hydrogen) atoms. The second-order valence-electron chi connectivity index (χ2n) is 12.1. The number of nitrogens with one attached hydrogen (secondary N) is 1. The van der Waals surface area contributed by atoms with Gasteiger partial charge in [-0.25, -0.2) is 4.68 Å². The van der Waals surface area contributed by atoms with Gasteiger partial charge in [-0.2, -0.15) is 5.21 Å². The number of aromatic amines is 1. The molecule has 2 aromatic heterocycles. The van der Waals surface area contributed by atoms with Gasteiger partial charge < -0.3 is 4.74 Å². The van der Waals surface area contributed by atoms with Crippen molar-refractivity contribution >= 4 is 5.97 Å². The van der Waals surface area contributed by atoms with Crippen LogP contribution in [0.1, 0.15) is 82.7 Å². The number of esters is 1. The van der Waals surface area contributed by atoms with Crippen molar-refractivity contribution in [2.75, 3.05) is 6.61 Å². The van der Waals surface area contributed by atoms with Gasteiger partial charge in [0.2, 0.25) is 5.82 Å². The van der Waals surface area contributed by atoms with Crippen molar-refractivity contribution in [3.05, 3.63) is 86.9 Å². The van der Waals surface area contributed by atoms with E-state index in [1.54, 1.807) is 0 Å². The molecule has 0 spiro atoms. The van der Waals surface area contributed by atoms with E-state index in [-0.39, 0.29) is 17.6 Å². The topological polar surface area (TPSA) is 108 Å². The summed E-state index contributed by atoms with van der Waals surface area (Å²) in [6.07, 6.45) is 5.32. The summed E-state index contributed by atoms with van der Waals surface area (Å²) >= 11 is 0. The molecule has 1 aliphatic carbocycles. The van der Waals surface area contributed by atoms with Gasteiger partial charge in [-0.15, -0.1) is 10.2 Å². The fraction of sp³-hybridized carbons (Fsp3) is 0.441. The molecule has 2 aromatic carbocycles. The van der Waals surface area contributed by atoms with Gasteiger partial charge in [0.1, 0.15) is 0 Å². The zero-order chi connectivity index (χ0) is 30.1. The van der Waals surface area contributed by atoms with Gasteiger partial charge in [0.25, 0.3) is 5.56 Å². The van der Waals surface area contributed by atoms with Gasteiger partial charge in [0, 0.05) is 29.8 Å². The summed E-state index contributed by atoms with van der Waals surface area (Å²) in [5.41, 5.74) is 7.75. The van der Waals surface area contributed by atoms with E-state index in [2.05, 4.69) is 76.4 Å². The number of nitrogens with zero attached hydrogens (tertiary/aromatic N) is 5. The molecule has 1 atom stereocenters. The van der Waals surface area contributed by atoms with Crippen LogP contribution < -0.4 is 5.56 Å². The highest BCUT2D eigenvalue weighted by Gasteiger charge is 2.53. The van der Waals surface area contributed by atoms with Crippen LogP contribution in [0, 0.1) is 5.41 Å². The Kier molecular flexibility index (Phi) is 7.90. The van der Waals surface area contributed by atoms with Crippen LogP contribution >= 0.6 is 0 Å². The van der Waals surface area contributed by atoms with Gasteiger partial charge >= 0.3 is 5.97 Å². The number of carbonyl (C=O) groups excluding carboxylic acids is 1. The van der Waals surface area contributed by atoms with Crippen LogP contribution in [-0.2, 0) is 28.9 Å². The van der Waals surface area contributed by atoms with Crippen molar-refractivity contribution in [2.24, 2.45) is 5.41 Å². The van der Waals surface area contributed by atoms with Gasteiger partial charge in [-0.3, -0.25) is 14.3 Å². The number of tetrazole rings is 1. The maximum atomic E-state index is 14.4. The highest BCUT2D eigenvalue weighted by atomic mass is 16.5. The molecule has 0 radical (unpaired) electrons. The van der Waals surface area contributed by atoms with Crippen LogP contribution in [0.15, 0.2) is 64.5 Å². The molecule has 1 aliphatic heterocycles. The first-order valence-electron chi connectivity index (χ1n) is 15.5. The van der Waals surface area contributed by atoms with Crippen LogP contribution in [0.25, 0.3) is 22.5 Å². The molecule has 0 saturated carbocycles. The standard InChI is InChI=1S/C34H40N6O3/c1-5-10-29-28(19-24-14-16-25(17-15-24)26-11-7-8-12-27(26)31-35-37-38-36-31)32(41)40-30(13-9-18-39(29)40)34(33(42)43-6-2)20-22(3)23(4)21-34/h7-8,11-12,14-17,30H,5-6,9-10,13,18-21H2,1-4H3,(H,35,36,37,38). The number of hydrogen-bond acceptors (Lipinski definition) is 6. The number of allylic oxidation sites excluding steroid dienone is 2. The molecule has 6 rings (SSSR count). The lowest BCUT2D eigenvalue weighted by molar-refractivity contribution is -0.159. The maximum Gasteiger partial charge on any atom is 0.314 e. The molecule has 9 nitrogen and oxygen atoms in total. The van der Waals surface area contributed by atoms with Gasteiger partial charge in [0.05, 0.1) is 18.1 Å². The summed E-state index contributed by atoms with van der Waals surface area (Å²) in [5, 5.41) is 14.6. The van der Waals surface area contributed by atoms with Crippen molar-refractivity contribution in [3.63, 3.8) is 0 Å². The Morgan fingerprint density at radius 3 is 2.42 bits per heavy atom. The Labute approximate surface area is 251 Å². The highest BCUT2D eigenvalue weighted by molar-refractivity contribution is 5.80. The second-order valence-corrected chi connectivity index (χ2v) is 12.1. The van der Waals surface area contributed by atoms with Crippen LogP contribution in [0.3, 0.4) is 0 Å². The SMILES string of the molecule is CCCc1c(Cc2ccc(-c3ccccc3-c3nn[nH]n3)cc2)c(=O)n2n1CCCC2C1(C(=O)OCC)CC(C)=C(C)C1. The number of ether oxygens (including phenoxy) is 1. The first kappa shape index (κ1) is 28.8. The summed E-state index contributed by atoms with van der Waals surface area (Å²) in [7, 11) is 0. The van der Waals surface area contributed by atoms with Gasteiger partial charge in [-0.1, -0.05) is 73.0 Å². The Bertz CT molecular complexity index is 1700. The minimum absolute atomic E-state index is 0.0329. The molecule has 0 amide bonds. The van der Waals surface area contributed by atoms with E-state index in [9.17, 15) is 9.59 Å². The molecule has 3 heterocycles. The summed E-state index contributed by atoms with van der Waals surface area (Å²) in [4.78, 5) is 28.0. The van der Waals surface area contributed by atoms with Crippen molar-refractivity contribution < 1.29 is 9.53 Å². The van der Waals surface area contributed by atoms with Crippen LogP contribution in [0.5, 0.6) is 0 Å². The average molecular weight is 581 g/mol. The number of H-pyrrole nitrogens is 1. The lowest BCUT2D eigenvalue weighted by Gasteiger charge is -2.40. The minimum atomic E-state index is -0.737. The first-order valence-corrected chi connectivity index (χ1v) is 15.5. The molecule has 224 valence electrons. The van der Waals surface area contributed by atoms with Crippen LogP contribution in [0.4, 0.5) is 0 Å². The van der Waals surface area contributed by atoms with Crippen molar-refractivity contribution in [2.45, 2.75) is 85.2 Å². The van der Waals surface area contributed by atoms with E-state index >= 15 is 0 Å². The number of hydrogen-bond donors (Lipinski definition) is 1. The number of aromatic nitrogens is 6. The highest BCUT2D eigenvalue weighted by Crippen LogP contribution is 2.52. The lowest BCUT2D eigenvalue weighted by atomic mass is 9.74. The first-order chi connectivity index (χ1) is 20.9. The number of fused-ring (bicyclic) bond motifs is 1. The third-order valence-electron chi connectivity index (χ3n) is 9.38. The second kappa shape index (κ2) is 11.8. The van der Waals surface area contributed by atoms with E-state index < -0.39 is 5.41 Å². The quantitative estimate of drug-likeness (QED) is 0.191. The Morgan fingerprint density at radius 1 is 1.05 bits per heavy atom. The minimum Gasteiger partial charge on any atom is -0.465 e. The Morgan fingerprint density at radius 2 is 1.77 bits per heavy atom. The number of benzene rings is 2. The Balaban J connectivity index is 1.37. The van der Waals surface area contributed by atoms with Crippen molar-refractivity contribution in [1.82, 2.24) is 30.0 Å². The molecule has 0 bridgehead atoms. The molecule has 1 N–H and O–H groups in total. The van der Waals surface area contributed by atoms with E-state index in [1.807, 2.05) is 29.8 Å². The molecular weight excluding hydrogens is 540 g/mol. The van der Waals surface area contributed by atoms with Gasteiger partial charge in [0.15, 0.2) is 0 Å². The summed E-state index contributed by atoms with van der Waals surface area (Å²) in [6.45, 7) is 9.36. The zero-order valence-corrected chi connectivity index (χ0v) is 25.5. The van der Waals surface area contributed by atoms with E-state index in [4.69, 9.17) is 4.74 Å². The molecule has 2 aliphatic rings. The maximum absolute atomic E-state index is 14.4. The van der Waals surface area contributed by atoms with Crippen LogP contribution in [0.2, 0.25) is 0 Å². The molecule has 1 unspecified atom stereocenters. The molecule has 0 saturated heterocycles. The third kappa shape index (κ3) is 5.04. The van der Waals surface area contributed by atoms with Crippen LogP contribution in [-0.4, -0.2) is 42.6 Å². The molecule has 0 fully saturated rings. The van der Waals surface area contributed by atoms with Crippen molar-refractivity contribution in [3.8, 4) is 22.5 Å². The normalized spacial score (nSPS) is 17.7. The smallest absolute Gasteiger partial charge is 0.314 e. The average Bonchev–Trinajstić information content (AvgIpc) is 3.73. The van der Waals surface area contributed by atoms with E-state index in [0.717, 1.165) is 65.7 Å². The summed E-state index contributed by atoms with van der Waals surface area (Å²) in [5.74, 6) is 0.377. The molecular formula is C34H40N6O3. The molecule has 4 aromatic rings.